The Kier molecular flexibility index (Phi) is 7.74. The topological polar surface area (TPSA) is 9.23 Å². The van der Waals surface area contributed by atoms with E-state index in [0.29, 0.717) is 25.7 Å². The Balaban J connectivity index is 2.15. The number of rotatable bonds is 10. The summed E-state index contributed by atoms with van der Waals surface area (Å²) in [4.78, 5) is 0. The molecule has 0 amide bonds. The quantitative estimate of drug-likeness (QED) is 0.523. The fourth-order valence-corrected chi connectivity index (χ4v) is 2.69. The third kappa shape index (κ3) is 5.76. The molecular weight excluding hydrogens is 294 g/mol. The van der Waals surface area contributed by atoms with Gasteiger partial charge in [-0.25, -0.2) is 0 Å². The number of hydrogen-bond acceptors (Lipinski definition) is 1. The van der Waals surface area contributed by atoms with E-state index in [2.05, 4.69) is 0 Å². The van der Waals surface area contributed by atoms with Gasteiger partial charge in [-0.15, -0.1) is 0 Å². The van der Waals surface area contributed by atoms with Gasteiger partial charge >= 0.3 is 0 Å². The lowest BCUT2D eigenvalue weighted by atomic mass is 10.0. The summed E-state index contributed by atoms with van der Waals surface area (Å²) in [6, 6.07) is 19.7. The number of hydrogen-bond donors (Lipinski definition) is 0. The van der Waals surface area contributed by atoms with Gasteiger partial charge in [-0.2, -0.15) is 0 Å². The minimum absolute atomic E-state index is 0.170. The van der Waals surface area contributed by atoms with Gasteiger partial charge in [0.15, 0.2) is 0 Å². The Bertz CT molecular complexity index is 480. The number of benzene rings is 2. The fourth-order valence-electron chi connectivity index (χ4n) is 2.69. The number of ether oxygens (including phenoxy) is 1. The molecule has 2 aromatic rings. The summed E-state index contributed by atoms with van der Waals surface area (Å²) in [5, 5.41) is 0. The van der Waals surface area contributed by atoms with Gasteiger partial charge in [0, 0.05) is 0 Å². The highest BCUT2D eigenvalue weighted by molar-refractivity contribution is 5.20. The molecule has 0 aliphatic rings. The van der Waals surface area contributed by atoms with Crippen molar-refractivity contribution in [3.63, 3.8) is 0 Å². The molecule has 124 valence electrons. The van der Waals surface area contributed by atoms with E-state index < -0.39 is 0 Å². The average molecular weight is 318 g/mol. The van der Waals surface area contributed by atoms with Gasteiger partial charge in [0.1, 0.15) is 0 Å². The standard InChI is InChI=1S/C20H24F2O/c21-15-7-13-19(17-9-3-1-4-10-17)23-20(14-8-16-22)18-11-5-2-6-12-18/h1-6,9-12,19-20H,7-8,13-16H2. The lowest BCUT2D eigenvalue weighted by Crippen LogP contribution is -2.12. The van der Waals surface area contributed by atoms with Crippen molar-refractivity contribution in [1.82, 2.24) is 0 Å². The van der Waals surface area contributed by atoms with Crippen LogP contribution < -0.4 is 0 Å². The summed E-state index contributed by atoms with van der Waals surface area (Å²) in [5.74, 6) is 0. The summed E-state index contributed by atoms with van der Waals surface area (Å²) < 4.78 is 31.5. The van der Waals surface area contributed by atoms with Crippen LogP contribution in [0.1, 0.15) is 49.0 Å². The van der Waals surface area contributed by atoms with E-state index in [4.69, 9.17) is 4.74 Å². The molecule has 0 saturated carbocycles. The summed E-state index contributed by atoms with van der Waals surface area (Å²) >= 11 is 0. The van der Waals surface area contributed by atoms with Gasteiger partial charge in [0.25, 0.3) is 0 Å². The molecule has 23 heavy (non-hydrogen) atoms. The molecule has 2 atom stereocenters. The minimum atomic E-state index is -0.354. The Labute approximate surface area is 137 Å². The van der Waals surface area contributed by atoms with Crippen LogP contribution in [0.4, 0.5) is 8.78 Å². The maximum absolute atomic E-state index is 12.6. The van der Waals surface area contributed by atoms with Crippen molar-refractivity contribution in [2.45, 2.75) is 37.9 Å². The van der Waals surface area contributed by atoms with Gasteiger partial charge in [-0.3, -0.25) is 8.78 Å². The summed E-state index contributed by atoms with van der Waals surface area (Å²) in [5.41, 5.74) is 2.09. The largest absolute Gasteiger partial charge is 0.366 e. The summed E-state index contributed by atoms with van der Waals surface area (Å²) in [6.07, 6.45) is 1.83. The highest BCUT2D eigenvalue weighted by atomic mass is 19.1. The van der Waals surface area contributed by atoms with Crippen LogP contribution in [0.2, 0.25) is 0 Å². The molecule has 2 rings (SSSR count). The number of halogens is 2. The van der Waals surface area contributed by atoms with E-state index in [1.165, 1.54) is 0 Å². The van der Waals surface area contributed by atoms with Crippen LogP contribution in [0.15, 0.2) is 60.7 Å². The molecule has 0 aliphatic carbocycles. The predicted molar refractivity (Wildman–Crippen MR) is 89.9 cm³/mol. The van der Waals surface area contributed by atoms with Crippen LogP contribution >= 0.6 is 0 Å². The second kappa shape index (κ2) is 10.1. The molecule has 0 spiro atoms. The Hall–Kier alpha value is -1.74. The van der Waals surface area contributed by atoms with E-state index in [0.717, 1.165) is 11.1 Å². The zero-order valence-corrected chi connectivity index (χ0v) is 13.3. The molecule has 0 heterocycles. The van der Waals surface area contributed by atoms with Gasteiger partial charge in [-0.05, 0) is 36.8 Å². The van der Waals surface area contributed by atoms with Gasteiger partial charge in [-0.1, -0.05) is 60.7 Å². The zero-order valence-electron chi connectivity index (χ0n) is 13.3. The van der Waals surface area contributed by atoms with Gasteiger partial charge in [0.2, 0.25) is 0 Å². The Morgan fingerprint density at radius 3 is 1.39 bits per heavy atom. The minimum Gasteiger partial charge on any atom is -0.366 e. The number of alkyl halides is 2. The monoisotopic (exact) mass is 318 g/mol. The lowest BCUT2D eigenvalue weighted by Gasteiger charge is -2.25. The fraction of sp³-hybridized carbons (Fsp3) is 0.400. The van der Waals surface area contributed by atoms with Crippen molar-refractivity contribution in [1.29, 1.82) is 0 Å². The van der Waals surface area contributed by atoms with Crippen LogP contribution in [-0.2, 0) is 4.74 Å². The van der Waals surface area contributed by atoms with Crippen molar-refractivity contribution in [2.24, 2.45) is 0 Å². The molecule has 3 heteroatoms. The van der Waals surface area contributed by atoms with Crippen LogP contribution in [0.3, 0.4) is 0 Å². The normalized spacial score (nSPS) is 13.7. The Morgan fingerprint density at radius 1 is 0.652 bits per heavy atom. The third-order valence-electron chi connectivity index (χ3n) is 3.87. The van der Waals surface area contributed by atoms with E-state index >= 15 is 0 Å². The molecule has 2 unspecified atom stereocenters. The van der Waals surface area contributed by atoms with Crippen molar-refractivity contribution in [3.05, 3.63) is 71.8 Å². The van der Waals surface area contributed by atoms with E-state index in [9.17, 15) is 8.78 Å². The van der Waals surface area contributed by atoms with Crippen LogP contribution in [0.5, 0.6) is 0 Å². The van der Waals surface area contributed by atoms with Gasteiger partial charge < -0.3 is 4.74 Å². The second-order valence-electron chi connectivity index (χ2n) is 5.60. The highest BCUT2D eigenvalue weighted by Crippen LogP contribution is 2.32. The van der Waals surface area contributed by atoms with Crippen LogP contribution in [0.25, 0.3) is 0 Å². The molecular formula is C20H24F2O. The maximum atomic E-state index is 12.6. The van der Waals surface area contributed by atoms with E-state index in [1.54, 1.807) is 0 Å². The first kappa shape index (κ1) is 17.6. The maximum Gasteiger partial charge on any atom is 0.0895 e. The van der Waals surface area contributed by atoms with Crippen LogP contribution in [0, 0.1) is 0 Å². The molecule has 0 aromatic heterocycles. The summed E-state index contributed by atoms with van der Waals surface area (Å²) in [6.45, 7) is -0.708. The third-order valence-corrected chi connectivity index (χ3v) is 3.87. The van der Waals surface area contributed by atoms with Crippen molar-refractivity contribution in [3.8, 4) is 0 Å². The Morgan fingerprint density at radius 2 is 1.04 bits per heavy atom. The highest BCUT2D eigenvalue weighted by Gasteiger charge is 2.19. The molecule has 0 fully saturated rings. The smallest absolute Gasteiger partial charge is 0.0895 e. The predicted octanol–water partition coefficient (Wildman–Crippen LogP) is 5.99. The SMILES string of the molecule is FCCCC(OC(CCCF)c1ccccc1)c1ccccc1. The van der Waals surface area contributed by atoms with E-state index in [-0.39, 0.29) is 25.6 Å². The zero-order chi connectivity index (χ0) is 16.3. The molecule has 0 aliphatic heterocycles. The molecule has 0 saturated heterocycles. The first-order valence-electron chi connectivity index (χ1n) is 8.22. The van der Waals surface area contributed by atoms with Crippen molar-refractivity contribution in [2.75, 3.05) is 13.3 Å². The van der Waals surface area contributed by atoms with Gasteiger partial charge in [0.05, 0.1) is 25.6 Å². The molecule has 0 bridgehead atoms. The van der Waals surface area contributed by atoms with Crippen LogP contribution in [-0.4, -0.2) is 13.3 Å². The molecule has 1 nitrogen and oxygen atoms in total. The first-order chi connectivity index (χ1) is 11.3. The van der Waals surface area contributed by atoms with E-state index in [1.807, 2.05) is 60.7 Å². The van der Waals surface area contributed by atoms with Crippen molar-refractivity contribution >= 4 is 0 Å². The molecule has 0 radical (unpaired) electrons. The molecule has 0 N–H and O–H groups in total. The summed E-state index contributed by atoms with van der Waals surface area (Å²) in [7, 11) is 0. The average Bonchev–Trinajstić information content (AvgIpc) is 2.62. The lowest BCUT2D eigenvalue weighted by molar-refractivity contribution is -0.0271. The van der Waals surface area contributed by atoms with Crippen molar-refractivity contribution < 1.29 is 13.5 Å². The first-order valence-corrected chi connectivity index (χ1v) is 8.22. The molecule has 2 aromatic carbocycles. The second-order valence-corrected chi connectivity index (χ2v) is 5.60.